The number of unbranched alkanes of at least 4 members (excludes halogenated alkanes) is 1. The molecule has 0 unspecified atom stereocenters. The van der Waals surface area contributed by atoms with Crippen molar-refractivity contribution in [2.75, 3.05) is 38.7 Å². The van der Waals surface area contributed by atoms with Gasteiger partial charge in [-0.25, -0.2) is 0 Å². The number of hydrogen-bond donors (Lipinski definition) is 0. The topological polar surface area (TPSA) is 12.5 Å². The summed E-state index contributed by atoms with van der Waals surface area (Å²) in [6.45, 7) is 4.44. The van der Waals surface area contributed by atoms with E-state index in [4.69, 9.17) is 4.74 Å². The molecule has 0 amide bonds. The molecule has 0 atom stereocenters. The first kappa shape index (κ1) is 12.5. The molecule has 1 aliphatic rings. The second-order valence-electron chi connectivity index (χ2n) is 4.21. The van der Waals surface area contributed by atoms with E-state index in [0.29, 0.717) is 0 Å². The van der Waals surface area contributed by atoms with E-state index in [-0.39, 0.29) is 0 Å². The zero-order chi connectivity index (χ0) is 10.2. The lowest BCUT2D eigenvalue weighted by molar-refractivity contribution is 0.0556. The van der Waals surface area contributed by atoms with Gasteiger partial charge < -0.3 is 9.64 Å². The predicted molar refractivity (Wildman–Crippen MR) is 64.1 cm³/mol. The highest BCUT2D eigenvalue weighted by atomic mass is 79.9. The molecule has 1 saturated heterocycles. The van der Waals surface area contributed by atoms with Crippen LogP contribution in [0.25, 0.3) is 0 Å². The molecule has 0 saturated carbocycles. The van der Waals surface area contributed by atoms with E-state index < -0.39 is 0 Å². The summed E-state index contributed by atoms with van der Waals surface area (Å²) in [5, 5.41) is 1.14. The van der Waals surface area contributed by atoms with E-state index in [0.717, 1.165) is 24.5 Å². The highest BCUT2D eigenvalue weighted by Crippen LogP contribution is 2.15. The summed E-state index contributed by atoms with van der Waals surface area (Å²) in [6.07, 6.45) is 5.11. The van der Waals surface area contributed by atoms with Gasteiger partial charge in [0, 0.05) is 25.1 Å². The highest BCUT2D eigenvalue weighted by Gasteiger charge is 2.15. The number of rotatable bonds is 6. The fourth-order valence-corrected chi connectivity index (χ4v) is 2.33. The molecule has 14 heavy (non-hydrogen) atoms. The van der Waals surface area contributed by atoms with Gasteiger partial charge in [0.2, 0.25) is 0 Å². The molecule has 1 heterocycles. The van der Waals surface area contributed by atoms with Gasteiger partial charge in [-0.15, -0.1) is 0 Å². The molecule has 1 rings (SSSR count). The van der Waals surface area contributed by atoms with E-state index in [2.05, 4.69) is 27.9 Å². The Hall–Kier alpha value is 0.400. The Labute approximate surface area is 96.1 Å². The van der Waals surface area contributed by atoms with E-state index in [1.54, 1.807) is 0 Å². The largest absolute Gasteiger partial charge is 0.381 e. The first-order chi connectivity index (χ1) is 6.83. The third-order valence-corrected chi connectivity index (χ3v) is 3.39. The van der Waals surface area contributed by atoms with Crippen LogP contribution in [0.4, 0.5) is 0 Å². The molecule has 0 aromatic carbocycles. The van der Waals surface area contributed by atoms with Gasteiger partial charge >= 0.3 is 0 Å². The molecule has 1 fully saturated rings. The lowest BCUT2D eigenvalue weighted by atomic mass is 10.00. The lowest BCUT2D eigenvalue weighted by Crippen LogP contribution is -2.30. The van der Waals surface area contributed by atoms with Gasteiger partial charge in [-0.1, -0.05) is 15.9 Å². The summed E-state index contributed by atoms with van der Waals surface area (Å²) in [6, 6.07) is 0. The van der Waals surface area contributed by atoms with Crippen LogP contribution in [0.3, 0.4) is 0 Å². The number of ether oxygens (including phenoxy) is 1. The quantitative estimate of drug-likeness (QED) is 0.540. The fourth-order valence-electron chi connectivity index (χ4n) is 1.94. The van der Waals surface area contributed by atoms with Crippen molar-refractivity contribution in [2.45, 2.75) is 25.7 Å². The van der Waals surface area contributed by atoms with Gasteiger partial charge in [0.1, 0.15) is 0 Å². The number of alkyl halides is 1. The summed E-state index contributed by atoms with van der Waals surface area (Å²) >= 11 is 3.46. The molecule has 2 nitrogen and oxygen atoms in total. The SMILES string of the molecule is CN(CCCCBr)CC1CCOCC1. The van der Waals surface area contributed by atoms with Crippen LogP contribution in [0.5, 0.6) is 0 Å². The summed E-state index contributed by atoms with van der Waals surface area (Å²) in [7, 11) is 2.24. The third kappa shape index (κ3) is 5.32. The number of nitrogens with zero attached hydrogens (tertiary/aromatic N) is 1. The van der Waals surface area contributed by atoms with Crippen molar-refractivity contribution in [2.24, 2.45) is 5.92 Å². The normalized spacial score (nSPS) is 19.1. The molecule has 0 aliphatic carbocycles. The molecular formula is C11H22BrNO. The van der Waals surface area contributed by atoms with E-state index in [9.17, 15) is 0 Å². The molecule has 0 aromatic rings. The van der Waals surface area contributed by atoms with Crippen LogP contribution in [-0.2, 0) is 4.74 Å². The van der Waals surface area contributed by atoms with Crippen LogP contribution < -0.4 is 0 Å². The molecule has 84 valence electrons. The van der Waals surface area contributed by atoms with Crippen molar-refractivity contribution in [3.05, 3.63) is 0 Å². The minimum Gasteiger partial charge on any atom is -0.381 e. The Bertz CT molecular complexity index is 137. The standard InChI is InChI=1S/C11H22BrNO/c1-13(7-3-2-6-12)10-11-4-8-14-9-5-11/h11H,2-10H2,1H3. The molecule has 0 bridgehead atoms. The van der Waals surface area contributed by atoms with Gasteiger partial charge in [0.25, 0.3) is 0 Å². The monoisotopic (exact) mass is 263 g/mol. The van der Waals surface area contributed by atoms with E-state index in [1.165, 1.54) is 38.8 Å². The van der Waals surface area contributed by atoms with E-state index >= 15 is 0 Å². The van der Waals surface area contributed by atoms with Crippen LogP contribution in [-0.4, -0.2) is 43.6 Å². The molecular weight excluding hydrogens is 242 g/mol. The van der Waals surface area contributed by atoms with Gasteiger partial charge in [0.15, 0.2) is 0 Å². The van der Waals surface area contributed by atoms with Crippen molar-refractivity contribution in [1.29, 1.82) is 0 Å². The van der Waals surface area contributed by atoms with E-state index in [1.807, 2.05) is 0 Å². The van der Waals surface area contributed by atoms with Crippen molar-refractivity contribution in [3.8, 4) is 0 Å². The van der Waals surface area contributed by atoms with Gasteiger partial charge in [-0.3, -0.25) is 0 Å². The summed E-state index contributed by atoms with van der Waals surface area (Å²) in [4.78, 5) is 2.47. The maximum atomic E-state index is 5.36. The smallest absolute Gasteiger partial charge is 0.0469 e. The minimum atomic E-state index is 0.873. The first-order valence-corrected chi connectivity index (χ1v) is 6.77. The molecule has 0 aromatic heterocycles. The Morgan fingerprint density at radius 2 is 2.00 bits per heavy atom. The van der Waals surface area contributed by atoms with Crippen molar-refractivity contribution < 1.29 is 4.74 Å². The van der Waals surface area contributed by atoms with Crippen LogP contribution in [0, 0.1) is 5.92 Å². The Morgan fingerprint density at radius 1 is 1.29 bits per heavy atom. The zero-order valence-corrected chi connectivity index (χ0v) is 10.8. The Morgan fingerprint density at radius 3 is 2.64 bits per heavy atom. The zero-order valence-electron chi connectivity index (χ0n) is 9.17. The van der Waals surface area contributed by atoms with Crippen LogP contribution in [0.1, 0.15) is 25.7 Å². The average Bonchev–Trinajstić information content (AvgIpc) is 2.20. The maximum absolute atomic E-state index is 5.36. The molecule has 3 heteroatoms. The second kappa shape index (κ2) is 7.66. The maximum Gasteiger partial charge on any atom is 0.0469 e. The van der Waals surface area contributed by atoms with Crippen LogP contribution in [0.2, 0.25) is 0 Å². The molecule has 0 spiro atoms. The summed E-state index contributed by atoms with van der Waals surface area (Å²) in [5.41, 5.74) is 0. The molecule has 0 radical (unpaired) electrons. The first-order valence-electron chi connectivity index (χ1n) is 5.65. The number of halogens is 1. The Kier molecular flexibility index (Phi) is 6.82. The average molecular weight is 264 g/mol. The highest BCUT2D eigenvalue weighted by molar-refractivity contribution is 9.09. The van der Waals surface area contributed by atoms with Gasteiger partial charge in [-0.05, 0) is 45.2 Å². The van der Waals surface area contributed by atoms with Gasteiger partial charge in [-0.2, -0.15) is 0 Å². The third-order valence-electron chi connectivity index (χ3n) is 2.83. The van der Waals surface area contributed by atoms with Crippen LogP contribution >= 0.6 is 15.9 Å². The van der Waals surface area contributed by atoms with Crippen LogP contribution in [0.15, 0.2) is 0 Å². The summed E-state index contributed by atoms with van der Waals surface area (Å²) < 4.78 is 5.36. The van der Waals surface area contributed by atoms with Crippen molar-refractivity contribution in [3.63, 3.8) is 0 Å². The fraction of sp³-hybridized carbons (Fsp3) is 1.00. The second-order valence-corrected chi connectivity index (χ2v) is 5.01. The predicted octanol–water partition coefficient (Wildman–Crippen LogP) is 2.52. The van der Waals surface area contributed by atoms with Crippen molar-refractivity contribution >= 4 is 15.9 Å². The lowest BCUT2D eigenvalue weighted by Gasteiger charge is -2.27. The van der Waals surface area contributed by atoms with Crippen molar-refractivity contribution in [1.82, 2.24) is 4.90 Å². The minimum absolute atomic E-state index is 0.873. The molecule has 0 N–H and O–H groups in total. The Balaban J connectivity index is 2.03. The molecule has 1 aliphatic heterocycles. The summed E-state index contributed by atoms with van der Waals surface area (Å²) in [5.74, 6) is 0.873. The van der Waals surface area contributed by atoms with Gasteiger partial charge in [0.05, 0.1) is 0 Å². The number of hydrogen-bond acceptors (Lipinski definition) is 2.